The summed E-state index contributed by atoms with van der Waals surface area (Å²) in [5.41, 5.74) is 2.16. The van der Waals surface area contributed by atoms with E-state index in [2.05, 4.69) is 15.9 Å². The Kier molecular flexibility index (Phi) is 7.72. The third kappa shape index (κ3) is 5.58. The molecule has 9 heteroatoms. The van der Waals surface area contributed by atoms with Crippen molar-refractivity contribution in [3.8, 4) is 5.75 Å². The van der Waals surface area contributed by atoms with Gasteiger partial charge >= 0.3 is 0 Å². The molecule has 4 rings (SSSR count). The molecule has 3 aromatic carbocycles. The molecular formula is C24H15BrCl3NO3S. The molecule has 0 saturated carbocycles. The van der Waals surface area contributed by atoms with Crippen LogP contribution in [0.25, 0.3) is 6.08 Å². The monoisotopic (exact) mass is 581 g/mol. The molecule has 0 atom stereocenters. The van der Waals surface area contributed by atoms with E-state index in [0.717, 1.165) is 27.8 Å². The zero-order chi connectivity index (χ0) is 23.5. The van der Waals surface area contributed by atoms with Crippen LogP contribution in [0, 0.1) is 0 Å². The second-order valence-corrected chi connectivity index (χ2v) is 10.1. The quantitative estimate of drug-likeness (QED) is 0.274. The van der Waals surface area contributed by atoms with Crippen LogP contribution in [0.2, 0.25) is 15.1 Å². The fourth-order valence-corrected chi connectivity index (χ4v) is 5.18. The molecule has 0 spiro atoms. The van der Waals surface area contributed by atoms with E-state index in [1.807, 2.05) is 36.4 Å². The van der Waals surface area contributed by atoms with Crippen molar-refractivity contribution in [3.05, 3.63) is 102 Å². The molecular weight excluding hydrogens is 569 g/mol. The molecule has 1 fully saturated rings. The fraction of sp³-hybridized carbons (Fsp3) is 0.0833. The number of amides is 2. The number of rotatable bonds is 6. The SMILES string of the molecule is O=C1S/C(=C/c2ccc(OCc3ccccc3Cl)c(Br)c2)C(=O)N1Cc1c(Cl)cccc1Cl. The zero-order valence-corrected chi connectivity index (χ0v) is 21.5. The molecule has 0 bridgehead atoms. The second-order valence-electron chi connectivity index (χ2n) is 7.04. The van der Waals surface area contributed by atoms with Gasteiger partial charge in [0.1, 0.15) is 12.4 Å². The smallest absolute Gasteiger partial charge is 0.293 e. The highest BCUT2D eigenvalue weighted by Gasteiger charge is 2.35. The van der Waals surface area contributed by atoms with Gasteiger partial charge in [0.15, 0.2) is 0 Å². The Morgan fingerprint density at radius 2 is 1.64 bits per heavy atom. The van der Waals surface area contributed by atoms with Crippen molar-refractivity contribution in [2.75, 3.05) is 0 Å². The van der Waals surface area contributed by atoms with E-state index in [1.54, 1.807) is 30.3 Å². The largest absolute Gasteiger partial charge is 0.488 e. The Morgan fingerprint density at radius 1 is 0.939 bits per heavy atom. The third-order valence-electron chi connectivity index (χ3n) is 4.85. The Bertz CT molecular complexity index is 1260. The number of carbonyl (C=O) groups is 2. The molecule has 1 aliphatic heterocycles. The van der Waals surface area contributed by atoms with Crippen LogP contribution in [-0.2, 0) is 17.9 Å². The summed E-state index contributed by atoms with van der Waals surface area (Å²) in [5.74, 6) is 0.240. The van der Waals surface area contributed by atoms with E-state index in [9.17, 15) is 9.59 Å². The van der Waals surface area contributed by atoms with Crippen LogP contribution in [0.1, 0.15) is 16.7 Å². The van der Waals surface area contributed by atoms with Crippen LogP contribution in [0.4, 0.5) is 4.79 Å². The third-order valence-corrected chi connectivity index (χ3v) is 7.45. The Hall–Kier alpha value is -1.96. The van der Waals surface area contributed by atoms with Gasteiger partial charge in [0, 0.05) is 26.2 Å². The van der Waals surface area contributed by atoms with Crippen molar-refractivity contribution < 1.29 is 14.3 Å². The second kappa shape index (κ2) is 10.5. The lowest BCUT2D eigenvalue weighted by Gasteiger charge is -2.14. The number of hydrogen-bond acceptors (Lipinski definition) is 4. The number of benzene rings is 3. The van der Waals surface area contributed by atoms with Crippen LogP contribution < -0.4 is 4.74 Å². The summed E-state index contributed by atoms with van der Waals surface area (Å²) in [7, 11) is 0. The maximum atomic E-state index is 12.9. The van der Waals surface area contributed by atoms with Crippen molar-refractivity contribution in [3.63, 3.8) is 0 Å². The molecule has 1 heterocycles. The molecule has 1 aliphatic rings. The lowest BCUT2D eigenvalue weighted by Crippen LogP contribution is -2.27. The van der Waals surface area contributed by atoms with Gasteiger partial charge in [-0.05, 0) is 69.7 Å². The molecule has 3 aromatic rings. The summed E-state index contributed by atoms with van der Waals surface area (Å²) in [4.78, 5) is 26.8. The van der Waals surface area contributed by atoms with Crippen molar-refractivity contribution in [1.82, 2.24) is 4.90 Å². The summed E-state index contributed by atoms with van der Waals surface area (Å²) in [6.07, 6.45) is 1.67. The molecule has 33 heavy (non-hydrogen) atoms. The highest BCUT2D eigenvalue weighted by Crippen LogP contribution is 2.36. The van der Waals surface area contributed by atoms with E-state index in [4.69, 9.17) is 39.5 Å². The number of nitrogens with zero attached hydrogens (tertiary/aromatic N) is 1. The molecule has 0 N–H and O–H groups in total. The number of hydrogen-bond donors (Lipinski definition) is 0. The van der Waals surface area contributed by atoms with E-state index < -0.39 is 5.91 Å². The Labute approximate surface area is 218 Å². The van der Waals surface area contributed by atoms with E-state index in [1.165, 1.54) is 0 Å². The van der Waals surface area contributed by atoms with E-state index in [-0.39, 0.29) is 11.8 Å². The average molecular weight is 584 g/mol. The summed E-state index contributed by atoms with van der Waals surface area (Å²) >= 11 is 22.9. The molecule has 2 amide bonds. The average Bonchev–Trinajstić information content (AvgIpc) is 3.04. The van der Waals surface area contributed by atoms with Gasteiger partial charge in [0.05, 0.1) is 15.9 Å². The van der Waals surface area contributed by atoms with Crippen LogP contribution in [0.5, 0.6) is 5.75 Å². The summed E-state index contributed by atoms with van der Waals surface area (Å²) in [6.45, 7) is 0.333. The van der Waals surface area contributed by atoms with Crippen LogP contribution in [0.3, 0.4) is 0 Å². The number of halogens is 4. The van der Waals surface area contributed by atoms with Gasteiger partial charge in [-0.3, -0.25) is 14.5 Å². The standard InChI is InChI=1S/C24H15BrCl3NO3S/c25-17-10-14(8-9-21(17)32-13-15-4-1-2-5-18(15)26)11-22-23(30)29(24(31)33-22)12-16-19(27)6-3-7-20(16)28/h1-11H,12-13H2/b22-11+. The minimum atomic E-state index is -0.392. The maximum Gasteiger partial charge on any atom is 0.293 e. The van der Waals surface area contributed by atoms with Crippen molar-refractivity contribution >= 4 is 79.7 Å². The van der Waals surface area contributed by atoms with Crippen molar-refractivity contribution in [2.24, 2.45) is 0 Å². The van der Waals surface area contributed by atoms with Gasteiger partial charge < -0.3 is 4.74 Å². The van der Waals surface area contributed by atoms with Gasteiger partial charge in [-0.25, -0.2) is 0 Å². The predicted octanol–water partition coefficient (Wildman–Crippen LogP) is 8.22. The first-order valence-electron chi connectivity index (χ1n) is 9.67. The van der Waals surface area contributed by atoms with Crippen molar-refractivity contribution in [2.45, 2.75) is 13.2 Å². The highest BCUT2D eigenvalue weighted by atomic mass is 79.9. The predicted molar refractivity (Wildman–Crippen MR) is 138 cm³/mol. The minimum Gasteiger partial charge on any atom is -0.488 e. The van der Waals surface area contributed by atoms with E-state index in [0.29, 0.717) is 42.4 Å². The molecule has 0 aliphatic carbocycles. The van der Waals surface area contributed by atoms with E-state index >= 15 is 0 Å². The van der Waals surface area contributed by atoms with Gasteiger partial charge in [-0.2, -0.15) is 0 Å². The lowest BCUT2D eigenvalue weighted by molar-refractivity contribution is -0.123. The summed E-state index contributed by atoms with van der Waals surface area (Å²) in [5, 5.41) is 1.07. The first kappa shape index (κ1) is 24.2. The van der Waals surface area contributed by atoms with Crippen LogP contribution >= 0.6 is 62.5 Å². The van der Waals surface area contributed by atoms with Crippen LogP contribution in [-0.4, -0.2) is 16.0 Å². The zero-order valence-electron chi connectivity index (χ0n) is 16.9. The number of carbonyl (C=O) groups excluding carboxylic acids is 2. The fourth-order valence-electron chi connectivity index (χ4n) is 3.12. The van der Waals surface area contributed by atoms with Gasteiger partial charge in [0.2, 0.25) is 0 Å². The minimum absolute atomic E-state index is 0.0129. The topological polar surface area (TPSA) is 46.6 Å². The Balaban J connectivity index is 1.48. The van der Waals surface area contributed by atoms with Gasteiger partial charge in [-0.15, -0.1) is 0 Å². The summed E-state index contributed by atoms with van der Waals surface area (Å²) < 4.78 is 6.57. The maximum absolute atomic E-state index is 12.9. The lowest BCUT2D eigenvalue weighted by atomic mass is 10.2. The van der Waals surface area contributed by atoms with Gasteiger partial charge in [0.25, 0.3) is 11.1 Å². The first-order valence-corrected chi connectivity index (χ1v) is 12.4. The Morgan fingerprint density at radius 3 is 2.33 bits per heavy atom. The molecule has 0 unspecified atom stereocenters. The number of imide groups is 1. The molecule has 0 aromatic heterocycles. The van der Waals surface area contributed by atoms with Crippen molar-refractivity contribution in [1.29, 1.82) is 0 Å². The van der Waals surface area contributed by atoms with Gasteiger partial charge in [-0.1, -0.05) is 65.1 Å². The normalized spacial score (nSPS) is 14.9. The van der Waals surface area contributed by atoms with Crippen LogP contribution in [0.15, 0.2) is 70.0 Å². The molecule has 1 saturated heterocycles. The summed E-state index contributed by atoms with van der Waals surface area (Å²) in [6, 6.07) is 17.9. The first-order chi connectivity index (χ1) is 15.8. The highest BCUT2D eigenvalue weighted by molar-refractivity contribution is 9.10. The molecule has 168 valence electrons. The molecule has 0 radical (unpaired) electrons. The molecule has 4 nitrogen and oxygen atoms in total. The number of ether oxygens (including phenoxy) is 1. The number of thioether (sulfide) groups is 1.